The van der Waals surface area contributed by atoms with Crippen LogP contribution in [0.25, 0.3) is 0 Å². The van der Waals surface area contributed by atoms with Gasteiger partial charge in [0, 0.05) is 14.7 Å². The molecular weight excluding hydrogens is 303 g/mol. The predicted molar refractivity (Wildman–Crippen MR) is 58.5 cm³/mol. The molecule has 0 amide bonds. The van der Waals surface area contributed by atoms with Crippen LogP contribution >= 0.6 is 22.6 Å². The van der Waals surface area contributed by atoms with E-state index < -0.39 is 6.43 Å². The van der Waals surface area contributed by atoms with Crippen molar-refractivity contribution in [1.82, 2.24) is 0 Å². The van der Waals surface area contributed by atoms with Crippen molar-refractivity contribution >= 4 is 34.1 Å². The Bertz CT molecular complexity index is 379. The quantitative estimate of drug-likeness (QED) is 0.518. The number of hydrogen-bond donors (Lipinski definition) is 1. The van der Waals surface area contributed by atoms with E-state index >= 15 is 0 Å². The van der Waals surface area contributed by atoms with E-state index in [9.17, 15) is 13.6 Å². The van der Waals surface area contributed by atoms with Crippen molar-refractivity contribution in [2.24, 2.45) is 0 Å². The third kappa shape index (κ3) is 2.20. The number of carbonyl (C=O) groups is 1. The van der Waals surface area contributed by atoms with Crippen LogP contribution in [0.15, 0.2) is 12.1 Å². The highest BCUT2D eigenvalue weighted by molar-refractivity contribution is 14.1. The molecule has 0 spiro atoms. The summed E-state index contributed by atoms with van der Waals surface area (Å²) < 4.78 is 25.2. The van der Waals surface area contributed by atoms with Gasteiger partial charge in [0.05, 0.1) is 5.69 Å². The van der Waals surface area contributed by atoms with Gasteiger partial charge in [-0.05, 0) is 41.6 Å². The van der Waals surface area contributed by atoms with E-state index in [-0.39, 0.29) is 22.6 Å². The molecular formula is C9H8F2INO. The smallest absolute Gasteiger partial charge is 0.263 e. The number of anilines is 1. The van der Waals surface area contributed by atoms with Gasteiger partial charge in [-0.2, -0.15) is 0 Å². The van der Waals surface area contributed by atoms with E-state index in [2.05, 4.69) is 0 Å². The van der Waals surface area contributed by atoms with Crippen molar-refractivity contribution in [3.63, 3.8) is 0 Å². The molecule has 2 N–H and O–H groups in total. The normalized spacial score (nSPS) is 10.6. The van der Waals surface area contributed by atoms with E-state index in [0.29, 0.717) is 3.57 Å². The molecule has 0 saturated heterocycles. The molecule has 1 aromatic carbocycles. The second kappa shape index (κ2) is 4.20. The fourth-order valence-electron chi connectivity index (χ4n) is 1.06. The summed E-state index contributed by atoms with van der Waals surface area (Å²) in [5, 5.41) is 0. The number of halogens is 3. The number of benzene rings is 1. The maximum atomic E-state index is 12.4. The molecule has 0 fully saturated rings. The second-order valence-electron chi connectivity index (χ2n) is 2.82. The molecule has 0 heterocycles. The summed E-state index contributed by atoms with van der Waals surface area (Å²) in [6.45, 7) is 1.30. The monoisotopic (exact) mass is 311 g/mol. The Balaban J connectivity index is 3.35. The fourth-order valence-corrected chi connectivity index (χ4v) is 1.71. The molecule has 0 radical (unpaired) electrons. The molecule has 0 unspecified atom stereocenters. The lowest BCUT2D eigenvalue weighted by molar-refractivity contribution is 0.101. The van der Waals surface area contributed by atoms with Crippen LogP contribution in [0.2, 0.25) is 0 Å². The van der Waals surface area contributed by atoms with E-state index in [1.165, 1.54) is 13.0 Å². The molecule has 1 aromatic rings. The van der Waals surface area contributed by atoms with Crippen LogP contribution < -0.4 is 5.73 Å². The summed E-state index contributed by atoms with van der Waals surface area (Å²) in [4.78, 5) is 11.1. The maximum absolute atomic E-state index is 12.4. The Morgan fingerprint density at radius 2 is 2.07 bits per heavy atom. The predicted octanol–water partition coefficient (Wildman–Crippen LogP) is 3.01. The average molecular weight is 311 g/mol. The molecule has 0 saturated carbocycles. The molecule has 0 aliphatic carbocycles. The molecule has 2 nitrogen and oxygen atoms in total. The summed E-state index contributed by atoms with van der Waals surface area (Å²) in [5.41, 5.74) is 5.83. The molecule has 76 valence electrons. The minimum Gasteiger partial charge on any atom is -0.397 e. The van der Waals surface area contributed by atoms with Crippen LogP contribution in [0.3, 0.4) is 0 Å². The van der Waals surface area contributed by atoms with Crippen molar-refractivity contribution in [2.75, 3.05) is 5.73 Å². The molecule has 0 aromatic heterocycles. The number of carbonyl (C=O) groups excluding carboxylic acids is 1. The van der Waals surface area contributed by atoms with Crippen molar-refractivity contribution in [1.29, 1.82) is 0 Å². The summed E-state index contributed by atoms with van der Waals surface area (Å²) in [7, 11) is 0. The van der Waals surface area contributed by atoms with Crippen LogP contribution in [-0.4, -0.2) is 5.78 Å². The van der Waals surface area contributed by atoms with Gasteiger partial charge in [0.1, 0.15) is 0 Å². The Hall–Kier alpha value is -0.720. The fraction of sp³-hybridized carbons (Fsp3) is 0.222. The van der Waals surface area contributed by atoms with Crippen molar-refractivity contribution < 1.29 is 13.6 Å². The highest BCUT2D eigenvalue weighted by Gasteiger charge is 2.14. The lowest BCUT2D eigenvalue weighted by Crippen LogP contribution is -2.03. The lowest BCUT2D eigenvalue weighted by Gasteiger charge is -2.07. The Morgan fingerprint density at radius 1 is 1.50 bits per heavy atom. The summed E-state index contributed by atoms with van der Waals surface area (Å²) in [5.74, 6) is -0.303. The first-order chi connectivity index (χ1) is 6.43. The van der Waals surface area contributed by atoms with Gasteiger partial charge in [-0.25, -0.2) is 8.78 Å². The Kier molecular flexibility index (Phi) is 3.41. The molecule has 1 rings (SSSR count). The van der Waals surface area contributed by atoms with Gasteiger partial charge in [0.25, 0.3) is 6.43 Å². The van der Waals surface area contributed by atoms with Crippen LogP contribution in [0, 0.1) is 3.57 Å². The van der Waals surface area contributed by atoms with Gasteiger partial charge in [-0.1, -0.05) is 0 Å². The largest absolute Gasteiger partial charge is 0.397 e. The third-order valence-electron chi connectivity index (χ3n) is 1.78. The topological polar surface area (TPSA) is 43.1 Å². The van der Waals surface area contributed by atoms with Crippen LogP contribution in [0.4, 0.5) is 14.5 Å². The van der Waals surface area contributed by atoms with Gasteiger partial charge < -0.3 is 5.73 Å². The summed E-state index contributed by atoms with van der Waals surface area (Å²) in [6, 6.07) is 2.43. The number of alkyl halides is 2. The van der Waals surface area contributed by atoms with Gasteiger partial charge in [0.15, 0.2) is 5.78 Å². The maximum Gasteiger partial charge on any atom is 0.263 e. The number of nitrogen functional groups attached to an aromatic ring is 1. The Labute approximate surface area is 93.6 Å². The lowest BCUT2D eigenvalue weighted by atomic mass is 10.1. The zero-order valence-corrected chi connectivity index (χ0v) is 9.51. The van der Waals surface area contributed by atoms with E-state index in [0.717, 1.165) is 6.07 Å². The van der Waals surface area contributed by atoms with Crippen molar-refractivity contribution in [2.45, 2.75) is 13.3 Å². The first-order valence-electron chi connectivity index (χ1n) is 3.81. The minimum absolute atomic E-state index is 0.159. The van der Waals surface area contributed by atoms with E-state index in [1.54, 1.807) is 0 Å². The zero-order valence-electron chi connectivity index (χ0n) is 7.35. The van der Waals surface area contributed by atoms with E-state index in [1.807, 2.05) is 22.6 Å². The standard InChI is InChI=1S/C9H8F2INO/c1-4(14)6-2-5(9(10)11)3-7(12)8(6)13/h2-3,9H,13H2,1H3. The highest BCUT2D eigenvalue weighted by Crippen LogP contribution is 2.27. The van der Waals surface area contributed by atoms with Gasteiger partial charge in [0.2, 0.25) is 0 Å². The second-order valence-corrected chi connectivity index (χ2v) is 3.98. The van der Waals surface area contributed by atoms with Gasteiger partial charge >= 0.3 is 0 Å². The first-order valence-corrected chi connectivity index (χ1v) is 4.89. The van der Waals surface area contributed by atoms with E-state index in [4.69, 9.17) is 5.73 Å². The average Bonchev–Trinajstić information content (AvgIpc) is 2.08. The first kappa shape index (κ1) is 11.4. The van der Waals surface area contributed by atoms with Crippen molar-refractivity contribution in [3.05, 3.63) is 26.8 Å². The number of ketones is 1. The molecule has 14 heavy (non-hydrogen) atoms. The molecule has 0 aliphatic heterocycles. The summed E-state index contributed by atoms with van der Waals surface area (Å²) >= 11 is 1.83. The molecule has 0 atom stereocenters. The van der Waals surface area contributed by atoms with Crippen molar-refractivity contribution in [3.8, 4) is 0 Å². The number of nitrogens with two attached hydrogens (primary N) is 1. The molecule has 0 aliphatic rings. The summed E-state index contributed by atoms with van der Waals surface area (Å²) in [6.07, 6.45) is -2.58. The van der Waals surface area contributed by atoms with Crippen LogP contribution in [0.5, 0.6) is 0 Å². The molecule has 0 bridgehead atoms. The number of rotatable bonds is 2. The SMILES string of the molecule is CC(=O)c1cc(C(F)F)cc(I)c1N. The third-order valence-corrected chi connectivity index (χ3v) is 2.68. The number of Topliss-reactive ketones (excluding diaryl/α,β-unsaturated/α-hetero) is 1. The zero-order chi connectivity index (χ0) is 10.9. The van der Waals surface area contributed by atoms with Crippen LogP contribution in [0.1, 0.15) is 29.3 Å². The number of hydrogen-bond acceptors (Lipinski definition) is 2. The van der Waals surface area contributed by atoms with Gasteiger partial charge in [-0.15, -0.1) is 0 Å². The molecule has 5 heteroatoms. The van der Waals surface area contributed by atoms with Gasteiger partial charge in [-0.3, -0.25) is 4.79 Å². The Morgan fingerprint density at radius 3 is 2.50 bits per heavy atom. The highest BCUT2D eigenvalue weighted by atomic mass is 127. The van der Waals surface area contributed by atoms with Crippen LogP contribution in [-0.2, 0) is 0 Å². The minimum atomic E-state index is -2.58.